The molecule has 9 heteroatoms. The minimum absolute atomic E-state index is 0.0655. The van der Waals surface area contributed by atoms with E-state index >= 15 is 0 Å². The van der Waals surface area contributed by atoms with Gasteiger partial charge >= 0.3 is 0 Å². The fourth-order valence-electron chi connectivity index (χ4n) is 2.12. The molecule has 1 amide bonds. The molecule has 26 heavy (non-hydrogen) atoms. The number of nitrogens with one attached hydrogen (secondary N) is 1. The van der Waals surface area contributed by atoms with Crippen LogP contribution in [-0.4, -0.2) is 41.4 Å². The van der Waals surface area contributed by atoms with Gasteiger partial charge in [-0.2, -0.15) is 0 Å². The van der Waals surface area contributed by atoms with Crippen molar-refractivity contribution in [1.29, 1.82) is 0 Å². The van der Waals surface area contributed by atoms with Crippen molar-refractivity contribution in [3.63, 3.8) is 0 Å². The van der Waals surface area contributed by atoms with Crippen LogP contribution in [0, 0.1) is 5.82 Å². The first-order valence-corrected chi connectivity index (χ1v) is 8.01. The van der Waals surface area contributed by atoms with E-state index in [0.29, 0.717) is 17.9 Å². The molecular weight excluding hydrogens is 367 g/mol. The Balaban J connectivity index is 2.15. The van der Waals surface area contributed by atoms with Crippen molar-refractivity contribution >= 4 is 17.5 Å². The van der Waals surface area contributed by atoms with E-state index in [4.69, 9.17) is 21.1 Å². The number of pyridine rings is 1. The van der Waals surface area contributed by atoms with E-state index in [0.717, 1.165) is 6.07 Å². The molecule has 0 unspecified atom stereocenters. The first kappa shape index (κ1) is 19.9. The summed E-state index contributed by atoms with van der Waals surface area (Å²) in [6, 6.07) is 3.86. The van der Waals surface area contributed by atoms with Crippen LogP contribution >= 0.6 is 11.6 Å². The third-order valence-electron chi connectivity index (χ3n) is 3.50. The number of rotatable bonds is 8. The van der Waals surface area contributed by atoms with Crippen molar-refractivity contribution in [3.8, 4) is 11.5 Å². The van der Waals surface area contributed by atoms with Gasteiger partial charge in [0, 0.05) is 37.0 Å². The predicted molar refractivity (Wildman–Crippen MR) is 91.8 cm³/mol. The van der Waals surface area contributed by atoms with E-state index < -0.39 is 24.1 Å². The van der Waals surface area contributed by atoms with E-state index in [9.17, 15) is 19.4 Å². The summed E-state index contributed by atoms with van der Waals surface area (Å²) in [5.74, 6) is -1.29. The van der Waals surface area contributed by atoms with Crippen molar-refractivity contribution in [1.82, 2.24) is 10.3 Å². The van der Waals surface area contributed by atoms with Crippen LogP contribution in [-0.2, 0) is 18.0 Å². The molecular formula is C17H18ClFN2O5. The molecule has 0 fully saturated rings. The number of hydrogen-bond donors (Lipinski definition) is 3. The van der Waals surface area contributed by atoms with Gasteiger partial charge in [-0.15, -0.1) is 0 Å². The van der Waals surface area contributed by atoms with E-state index in [2.05, 4.69) is 10.3 Å². The highest BCUT2D eigenvalue weighted by Crippen LogP contribution is 2.27. The van der Waals surface area contributed by atoms with Gasteiger partial charge in [0.2, 0.25) is 0 Å². The topological polar surface area (TPSA) is 101 Å². The number of aliphatic hydroxyl groups is 1. The van der Waals surface area contributed by atoms with Crippen LogP contribution in [0.25, 0.3) is 0 Å². The largest absolute Gasteiger partial charge is 0.505 e. The van der Waals surface area contributed by atoms with E-state index in [1.54, 1.807) is 0 Å². The Morgan fingerprint density at radius 2 is 2.19 bits per heavy atom. The lowest BCUT2D eigenvalue weighted by Gasteiger charge is -2.13. The van der Waals surface area contributed by atoms with Crippen LogP contribution < -0.4 is 10.1 Å². The molecule has 1 aromatic heterocycles. The highest BCUT2D eigenvalue weighted by molar-refractivity contribution is 6.30. The van der Waals surface area contributed by atoms with Crippen LogP contribution in [0.5, 0.6) is 11.5 Å². The first-order valence-electron chi connectivity index (χ1n) is 7.63. The summed E-state index contributed by atoms with van der Waals surface area (Å²) in [5, 5.41) is 22.2. The normalized spacial score (nSPS) is 10.6. The number of carbonyl (C=O) groups excluding carboxylic acids is 1. The Kier molecular flexibility index (Phi) is 7.14. The monoisotopic (exact) mass is 384 g/mol. The van der Waals surface area contributed by atoms with Gasteiger partial charge in [0.15, 0.2) is 11.4 Å². The molecule has 0 saturated carbocycles. The third kappa shape index (κ3) is 4.81. The fourth-order valence-corrected chi connectivity index (χ4v) is 2.29. The second-order valence-corrected chi connectivity index (χ2v) is 5.64. The van der Waals surface area contributed by atoms with E-state index in [1.165, 1.54) is 25.4 Å². The SMILES string of the molecule is COCCNC(=O)c1ncc(COc2ccc(F)c(Cl)c2)c(CO)c1O. The maximum Gasteiger partial charge on any atom is 0.273 e. The molecule has 0 spiro atoms. The number of nitrogens with zero attached hydrogens (tertiary/aromatic N) is 1. The molecule has 140 valence electrons. The maximum absolute atomic E-state index is 13.2. The molecule has 2 aromatic rings. The molecule has 0 aliphatic carbocycles. The van der Waals surface area contributed by atoms with Gasteiger partial charge in [0.1, 0.15) is 18.2 Å². The van der Waals surface area contributed by atoms with Gasteiger partial charge in [-0.05, 0) is 12.1 Å². The summed E-state index contributed by atoms with van der Waals surface area (Å²) in [7, 11) is 1.49. The zero-order valence-electron chi connectivity index (χ0n) is 14.0. The summed E-state index contributed by atoms with van der Waals surface area (Å²) in [5.41, 5.74) is 0.280. The molecule has 0 atom stereocenters. The number of aliphatic hydroxyl groups excluding tert-OH is 1. The second kappa shape index (κ2) is 9.33. The minimum atomic E-state index is -0.591. The molecule has 1 heterocycles. The van der Waals surface area contributed by atoms with Gasteiger partial charge in [0.05, 0.1) is 18.2 Å². The first-order chi connectivity index (χ1) is 12.5. The quantitative estimate of drug-likeness (QED) is 0.602. The van der Waals surface area contributed by atoms with Crippen molar-refractivity contribution in [2.24, 2.45) is 0 Å². The molecule has 0 aliphatic heterocycles. The molecule has 0 saturated heterocycles. The Hall–Kier alpha value is -2.42. The van der Waals surface area contributed by atoms with Crippen LogP contribution in [0.15, 0.2) is 24.4 Å². The highest BCUT2D eigenvalue weighted by Gasteiger charge is 2.19. The van der Waals surface area contributed by atoms with Gasteiger partial charge in [0.25, 0.3) is 5.91 Å². The predicted octanol–water partition coefficient (Wildman–Crippen LogP) is 2.03. The number of benzene rings is 1. The number of aromatic hydroxyl groups is 1. The van der Waals surface area contributed by atoms with Crippen LogP contribution in [0.1, 0.15) is 21.6 Å². The fraction of sp³-hybridized carbons (Fsp3) is 0.294. The smallest absolute Gasteiger partial charge is 0.273 e. The molecule has 2 rings (SSSR count). The standard InChI is InChI=1S/C17H18ClFN2O5/c1-25-5-4-20-17(24)15-16(23)12(8-22)10(7-21-15)9-26-11-2-3-14(19)13(18)6-11/h2-3,6-7,22-23H,4-5,8-9H2,1H3,(H,20,24). The van der Waals surface area contributed by atoms with Crippen molar-refractivity contribution < 1.29 is 28.9 Å². The van der Waals surface area contributed by atoms with Crippen molar-refractivity contribution in [3.05, 3.63) is 52.1 Å². The summed E-state index contributed by atoms with van der Waals surface area (Å²) in [6.45, 7) is -0.0217. The average Bonchev–Trinajstić information content (AvgIpc) is 2.62. The Morgan fingerprint density at radius 3 is 2.85 bits per heavy atom. The molecule has 1 aromatic carbocycles. The summed E-state index contributed by atoms with van der Waals surface area (Å²) < 4.78 is 23.5. The van der Waals surface area contributed by atoms with Gasteiger partial charge in [-0.1, -0.05) is 11.6 Å². The number of halogens is 2. The number of hydrogen-bond acceptors (Lipinski definition) is 6. The average molecular weight is 385 g/mol. The lowest BCUT2D eigenvalue weighted by molar-refractivity contribution is 0.0928. The van der Waals surface area contributed by atoms with Crippen LogP contribution in [0.4, 0.5) is 4.39 Å². The maximum atomic E-state index is 13.2. The second-order valence-electron chi connectivity index (χ2n) is 5.23. The molecule has 0 radical (unpaired) electrons. The molecule has 7 nitrogen and oxygen atoms in total. The number of ether oxygens (including phenoxy) is 2. The number of aromatic nitrogens is 1. The van der Waals surface area contributed by atoms with Gasteiger partial charge in [-0.25, -0.2) is 9.37 Å². The number of amides is 1. The minimum Gasteiger partial charge on any atom is -0.505 e. The van der Waals surface area contributed by atoms with Gasteiger partial charge in [-0.3, -0.25) is 4.79 Å². The summed E-state index contributed by atoms with van der Waals surface area (Å²) in [4.78, 5) is 15.9. The molecule has 0 bridgehead atoms. The lowest BCUT2D eigenvalue weighted by Crippen LogP contribution is -2.28. The third-order valence-corrected chi connectivity index (χ3v) is 3.79. The lowest BCUT2D eigenvalue weighted by atomic mass is 10.1. The van der Waals surface area contributed by atoms with Crippen LogP contribution in [0.3, 0.4) is 0 Å². The highest BCUT2D eigenvalue weighted by atomic mass is 35.5. The summed E-state index contributed by atoms with van der Waals surface area (Å²) >= 11 is 5.69. The Bertz CT molecular complexity index is 788. The van der Waals surface area contributed by atoms with Crippen LogP contribution in [0.2, 0.25) is 5.02 Å². The Labute approximate surface area is 154 Å². The summed E-state index contributed by atoms with van der Waals surface area (Å²) in [6.07, 6.45) is 1.32. The number of carbonyl (C=O) groups is 1. The van der Waals surface area contributed by atoms with E-state index in [1.807, 2.05) is 0 Å². The molecule has 0 aliphatic rings. The number of methoxy groups -OCH3 is 1. The van der Waals surface area contributed by atoms with Crippen molar-refractivity contribution in [2.45, 2.75) is 13.2 Å². The zero-order chi connectivity index (χ0) is 19.1. The van der Waals surface area contributed by atoms with E-state index in [-0.39, 0.29) is 29.4 Å². The molecule has 3 N–H and O–H groups in total. The van der Waals surface area contributed by atoms with Gasteiger partial charge < -0.3 is 25.0 Å². The zero-order valence-corrected chi connectivity index (χ0v) is 14.7. The van der Waals surface area contributed by atoms with Crippen molar-refractivity contribution in [2.75, 3.05) is 20.3 Å². The Morgan fingerprint density at radius 1 is 1.42 bits per heavy atom.